The normalized spacial score (nSPS) is 28.4. The second kappa shape index (κ2) is 5.74. The van der Waals surface area contributed by atoms with E-state index in [0.717, 1.165) is 31.0 Å². The second-order valence-electron chi connectivity index (χ2n) is 6.47. The summed E-state index contributed by atoms with van der Waals surface area (Å²) >= 11 is 0. The van der Waals surface area contributed by atoms with Gasteiger partial charge in [0.15, 0.2) is 0 Å². The van der Waals surface area contributed by atoms with Crippen LogP contribution >= 0.6 is 0 Å². The van der Waals surface area contributed by atoms with Crippen LogP contribution in [0.5, 0.6) is 0 Å². The standard InChI is InChI=1S/C15H25N3O2S/c1-2-5-18-10-14(8-13(18)9-16)21(19,20)17-15-7-11-3-4-12(15)6-11/h8,10-12,15,17H,2-7,9,16H2,1H3. The van der Waals surface area contributed by atoms with Gasteiger partial charge in [-0.2, -0.15) is 0 Å². The molecule has 1 aromatic heterocycles. The molecule has 2 fully saturated rings. The van der Waals surface area contributed by atoms with Crippen LogP contribution in [0.25, 0.3) is 0 Å². The number of aromatic nitrogens is 1. The van der Waals surface area contributed by atoms with Gasteiger partial charge in [0.25, 0.3) is 0 Å². The highest BCUT2D eigenvalue weighted by molar-refractivity contribution is 7.89. The summed E-state index contributed by atoms with van der Waals surface area (Å²) in [4.78, 5) is 0.360. The van der Waals surface area contributed by atoms with Crippen LogP contribution in [0.15, 0.2) is 17.2 Å². The van der Waals surface area contributed by atoms with Crippen LogP contribution in [0.2, 0.25) is 0 Å². The van der Waals surface area contributed by atoms with E-state index in [0.29, 0.717) is 17.4 Å². The molecule has 0 amide bonds. The maximum Gasteiger partial charge on any atom is 0.242 e. The van der Waals surface area contributed by atoms with Crippen molar-refractivity contribution >= 4 is 10.0 Å². The van der Waals surface area contributed by atoms with Crippen LogP contribution in [0.1, 0.15) is 44.7 Å². The van der Waals surface area contributed by atoms with Crippen molar-refractivity contribution in [3.05, 3.63) is 18.0 Å². The van der Waals surface area contributed by atoms with E-state index in [-0.39, 0.29) is 6.04 Å². The van der Waals surface area contributed by atoms with E-state index < -0.39 is 10.0 Å². The Morgan fingerprint density at radius 1 is 1.38 bits per heavy atom. The number of hydrogen-bond acceptors (Lipinski definition) is 3. The predicted molar refractivity (Wildman–Crippen MR) is 82.2 cm³/mol. The Bertz CT molecular complexity index is 608. The molecule has 2 saturated carbocycles. The zero-order chi connectivity index (χ0) is 15.0. The fourth-order valence-electron chi connectivity index (χ4n) is 3.95. The molecule has 1 aromatic rings. The monoisotopic (exact) mass is 311 g/mol. The quantitative estimate of drug-likeness (QED) is 0.841. The van der Waals surface area contributed by atoms with E-state index in [9.17, 15) is 8.42 Å². The molecule has 3 rings (SSSR count). The molecule has 1 heterocycles. The van der Waals surface area contributed by atoms with Gasteiger partial charge in [-0.05, 0) is 43.6 Å². The van der Waals surface area contributed by atoms with E-state index >= 15 is 0 Å². The van der Waals surface area contributed by atoms with E-state index in [2.05, 4.69) is 11.6 Å². The molecule has 0 saturated heterocycles. The van der Waals surface area contributed by atoms with Gasteiger partial charge in [-0.3, -0.25) is 0 Å². The average Bonchev–Trinajstić information content (AvgIpc) is 3.13. The van der Waals surface area contributed by atoms with Gasteiger partial charge in [-0.15, -0.1) is 0 Å². The number of nitrogens with two attached hydrogens (primary N) is 1. The van der Waals surface area contributed by atoms with Gasteiger partial charge in [0.2, 0.25) is 10.0 Å². The van der Waals surface area contributed by atoms with E-state index in [1.54, 1.807) is 12.3 Å². The molecule has 0 spiro atoms. The highest BCUT2D eigenvalue weighted by atomic mass is 32.2. The first kappa shape index (κ1) is 15.1. The largest absolute Gasteiger partial charge is 0.349 e. The van der Waals surface area contributed by atoms with Crippen LogP contribution in [0.4, 0.5) is 0 Å². The van der Waals surface area contributed by atoms with Gasteiger partial charge in [0, 0.05) is 31.0 Å². The maximum absolute atomic E-state index is 12.6. The van der Waals surface area contributed by atoms with Gasteiger partial charge in [-0.25, -0.2) is 13.1 Å². The summed E-state index contributed by atoms with van der Waals surface area (Å²) in [7, 11) is -3.42. The fraction of sp³-hybridized carbons (Fsp3) is 0.733. The molecule has 2 aliphatic carbocycles. The van der Waals surface area contributed by atoms with Crippen molar-refractivity contribution in [3.8, 4) is 0 Å². The number of nitrogens with one attached hydrogen (secondary N) is 1. The molecule has 2 bridgehead atoms. The lowest BCUT2D eigenvalue weighted by molar-refractivity contribution is 0.390. The topological polar surface area (TPSA) is 77.1 Å². The van der Waals surface area contributed by atoms with E-state index in [1.165, 1.54) is 19.3 Å². The van der Waals surface area contributed by atoms with Crippen LogP contribution < -0.4 is 10.5 Å². The molecule has 5 nitrogen and oxygen atoms in total. The fourth-order valence-corrected chi connectivity index (χ4v) is 5.33. The van der Waals surface area contributed by atoms with Crippen molar-refractivity contribution in [1.82, 2.24) is 9.29 Å². The SMILES string of the molecule is CCCn1cc(S(=O)(=O)NC2CC3CCC2C3)cc1CN. The zero-order valence-corrected chi connectivity index (χ0v) is 13.4. The van der Waals surface area contributed by atoms with Crippen LogP contribution in [0, 0.1) is 11.8 Å². The summed E-state index contributed by atoms with van der Waals surface area (Å²) in [6.07, 6.45) is 7.32. The average molecular weight is 311 g/mol. The van der Waals surface area contributed by atoms with Crippen molar-refractivity contribution in [3.63, 3.8) is 0 Å². The molecular formula is C15H25N3O2S. The molecule has 2 aliphatic rings. The van der Waals surface area contributed by atoms with Crippen molar-refractivity contribution in [1.29, 1.82) is 0 Å². The Kier molecular flexibility index (Phi) is 4.12. The Morgan fingerprint density at radius 2 is 2.19 bits per heavy atom. The van der Waals surface area contributed by atoms with E-state index in [4.69, 9.17) is 5.73 Å². The molecule has 0 radical (unpaired) electrons. The Labute approximate surface area is 127 Å². The molecule has 6 heteroatoms. The number of sulfonamides is 1. The van der Waals surface area contributed by atoms with Gasteiger partial charge in [0.05, 0.1) is 4.90 Å². The molecular weight excluding hydrogens is 286 g/mol. The third kappa shape index (κ3) is 2.89. The summed E-state index contributed by atoms with van der Waals surface area (Å²) in [5.74, 6) is 1.27. The minimum absolute atomic E-state index is 0.129. The molecule has 0 aliphatic heterocycles. The molecule has 3 N–H and O–H groups in total. The lowest BCUT2D eigenvalue weighted by Crippen LogP contribution is -2.38. The summed E-state index contributed by atoms with van der Waals surface area (Å²) in [6.45, 7) is 3.24. The number of fused-ring (bicyclic) bond motifs is 2. The van der Waals surface area contributed by atoms with Gasteiger partial charge < -0.3 is 10.3 Å². The Hall–Kier alpha value is -0.850. The van der Waals surface area contributed by atoms with Crippen LogP contribution in [-0.4, -0.2) is 19.0 Å². The smallest absolute Gasteiger partial charge is 0.242 e. The van der Waals surface area contributed by atoms with Crippen LogP contribution in [0.3, 0.4) is 0 Å². The van der Waals surface area contributed by atoms with Gasteiger partial charge in [0.1, 0.15) is 0 Å². The van der Waals surface area contributed by atoms with Crippen molar-refractivity contribution in [2.24, 2.45) is 17.6 Å². The van der Waals surface area contributed by atoms with Gasteiger partial charge in [-0.1, -0.05) is 13.3 Å². The summed E-state index contributed by atoms with van der Waals surface area (Å²) in [5.41, 5.74) is 6.59. The predicted octanol–water partition coefficient (Wildman–Crippen LogP) is 1.82. The number of aryl methyl sites for hydroxylation is 1. The van der Waals surface area contributed by atoms with Crippen molar-refractivity contribution < 1.29 is 8.42 Å². The summed E-state index contributed by atoms with van der Waals surface area (Å²) in [5, 5.41) is 0. The first-order valence-corrected chi connectivity index (χ1v) is 9.43. The lowest BCUT2D eigenvalue weighted by atomic mass is 9.96. The first-order chi connectivity index (χ1) is 10.0. The minimum Gasteiger partial charge on any atom is -0.349 e. The molecule has 3 unspecified atom stereocenters. The van der Waals surface area contributed by atoms with E-state index in [1.807, 2.05) is 4.57 Å². The van der Waals surface area contributed by atoms with Crippen LogP contribution in [-0.2, 0) is 23.1 Å². The zero-order valence-electron chi connectivity index (χ0n) is 12.6. The second-order valence-corrected chi connectivity index (χ2v) is 8.18. The Balaban J connectivity index is 1.78. The molecule has 118 valence electrons. The minimum atomic E-state index is -3.42. The summed E-state index contributed by atoms with van der Waals surface area (Å²) in [6, 6.07) is 1.84. The number of hydrogen-bond donors (Lipinski definition) is 2. The first-order valence-electron chi connectivity index (χ1n) is 7.95. The molecule has 21 heavy (non-hydrogen) atoms. The summed E-state index contributed by atoms with van der Waals surface area (Å²) < 4.78 is 30.1. The van der Waals surface area contributed by atoms with Gasteiger partial charge >= 0.3 is 0 Å². The molecule has 3 atom stereocenters. The third-order valence-electron chi connectivity index (χ3n) is 4.99. The maximum atomic E-state index is 12.6. The Morgan fingerprint density at radius 3 is 2.76 bits per heavy atom. The highest BCUT2D eigenvalue weighted by Crippen LogP contribution is 2.44. The number of nitrogens with zero attached hydrogens (tertiary/aromatic N) is 1. The lowest BCUT2D eigenvalue weighted by Gasteiger charge is -2.22. The number of rotatable bonds is 6. The van der Waals surface area contributed by atoms with Crippen molar-refractivity contribution in [2.45, 2.75) is 63.1 Å². The molecule has 0 aromatic carbocycles. The van der Waals surface area contributed by atoms with Crippen molar-refractivity contribution in [2.75, 3.05) is 0 Å². The highest BCUT2D eigenvalue weighted by Gasteiger charge is 2.41. The third-order valence-corrected chi connectivity index (χ3v) is 6.45.